The Morgan fingerprint density at radius 3 is 2.60 bits per heavy atom. The SMILES string of the molecule is NCc1cc(F)ccc1CN1CCCN(CCO)CC1. The fraction of sp³-hybridized carbons (Fsp3) is 0.600. The maximum atomic E-state index is 13.2. The number of aliphatic hydroxyl groups excluding tert-OH is 1. The average molecular weight is 281 g/mol. The number of hydrogen-bond acceptors (Lipinski definition) is 4. The number of benzene rings is 1. The van der Waals surface area contributed by atoms with Crippen LogP contribution in [0, 0.1) is 5.82 Å². The van der Waals surface area contributed by atoms with Crippen LogP contribution in [0.1, 0.15) is 17.5 Å². The lowest BCUT2D eigenvalue weighted by molar-refractivity contribution is 0.196. The van der Waals surface area contributed by atoms with Crippen LogP contribution in [-0.2, 0) is 13.1 Å². The van der Waals surface area contributed by atoms with Gasteiger partial charge in [0, 0.05) is 32.7 Å². The number of hydrogen-bond donors (Lipinski definition) is 2. The van der Waals surface area contributed by atoms with E-state index in [2.05, 4.69) is 9.80 Å². The van der Waals surface area contributed by atoms with Crippen molar-refractivity contribution in [1.29, 1.82) is 0 Å². The molecule has 1 aromatic rings. The van der Waals surface area contributed by atoms with Gasteiger partial charge in [0.05, 0.1) is 6.61 Å². The lowest BCUT2D eigenvalue weighted by Crippen LogP contribution is -2.32. The third kappa shape index (κ3) is 4.24. The number of nitrogens with two attached hydrogens (primary N) is 1. The Morgan fingerprint density at radius 2 is 1.85 bits per heavy atom. The van der Waals surface area contributed by atoms with E-state index in [1.807, 2.05) is 6.07 Å². The van der Waals surface area contributed by atoms with E-state index in [1.165, 1.54) is 12.1 Å². The standard InChI is InChI=1S/C15H24FN3O/c16-15-3-2-13(14(10-15)11-17)12-19-5-1-4-18(6-7-19)8-9-20/h2-3,10,20H,1,4-9,11-12,17H2. The van der Waals surface area contributed by atoms with Crippen LogP contribution >= 0.6 is 0 Å². The minimum absolute atomic E-state index is 0.218. The molecule has 1 aromatic carbocycles. The van der Waals surface area contributed by atoms with Gasteiger partial charge in [-0.15, -0.1) is 0 Å². The van der Waals surface area contributed by atoms with Crippen LogP contribution < -0.4 is 5.73 Å². The summed E-state index contributed by atoms with van der Waals surface area (Å²) < 4.78 is 13.2. The van der Waals surface area contributed by atoms with E-state index < -0.39 is 0 Å². The predicted octanol–water partition coefficient (Wildman–Crippen LogP) is 0.784. The van der Waals surface area contributed by atoms with Crippen molar-refractivity contribution in [3.8, 4) is 0 Å². The molecule has 2 rings (SSSR count). The smallest absolute Gasteiger partial charge is 0.123 e. The summed E-state index contributed by atoms with van der Waals surface area (Å²) in [5, 5.41) is 9.00. The molecule has 3 N–H and O–H groups in total. The molecule has 1 heterocycles. The first-order valence-electron chi connectivity index (χ1n) is 7.26. The lowest BCUT2D eigenvalue weighted by Gasteiger charge is -2.22. The molecule has 1 fully saturated rings. The van der Waals surface area contributed by atoms with Crippen molar-refractivity contribution in [2.45, 2.75) is 19.5 Å². The average Bonchev–Trinajstić information content (AvgIpc) is 2.67. The highest BCUT2D eigenvalue weighted by Crippen LogP contribution is 2.15. The first-order valence-corrected chi connectivity index (χ1v) is 7.26. The molecule has 0 saturated carbocycles. The Balaban J connectivity index is 1.96. The van der Waals surface area contributed by atoms with Crippen molar-refractivity contribution in [2.24, 2.45) is 5.73 Å². The second kappa shape index (κ2) is 7.69. The molecule has 0 amide bonds. The van der Waals surface area contributed by atoms with Gasteiger partial charge in [0.15, 0.2) is 0 Å². The summed E-state index contributed by atoms with van der Waals surface area (Å²) in [6.07, 6.45) is 1.10. The van der Waals surface area contributed by atoms with Crippen molar-refractivity contribution < 1.29 is 9.50 Å². The molecule has 20 heavy (non-hydrogen) atoms. The molecule has 0 unspecified atom stereocenters. The van der Waals surface area contributed by atoms with Gasteiger partial charge < -0.3 is 10.8 Å². The van der Waals surface area contributed by atoms with Gasteiger partial charge in [-0.2, -0.15) is 0 Å². The van der Waals surface area contributed by atoms with Crippen LogP contribution in [-0.4, -0.2) is 54.2 Å². The predicted molar refractivity (Wildman–Crippen MR) is 77.7 cm³/mol. The molecule has 112 valence electrons. The first kappa shape index (κ1) is 15.4. The molecule has 0 aromatic heterocycles. The number of aliphatic hydroxyl groups is 1. The molecule has 0 atom stereocenters. The molecule has 4 nitrogen and oxygen atoms in total. The zero-order valence-corrected chi connectivity index (χ0v) is 11.9. The van der Waals surface area contributed by atoms with Crippen LogP contribution in [0.4, 0.5) is 4.39 Å². The van der Waals surface area contributed by atoms with E-state index in [0.717, 1.165) is 56.8 Å². The van der Waals surface area contributed by atoms with E-state index in [1.54, 1.807) is 0 Å². The molecule has 1 saturated heterocycles. The van der Waals surface area contributed by atoms with Crippen LogP contribution in [0.15, 0.2) is 18.2 Å². The normalized spacial score (nSPS) is 18.1. The topological polar surface area (TPSA) is 52.7 Å². The number of rotatable bonds is 5. The number of nitrogens with zero attached hydrogens (tertiary/aromatic N) is 2. The second-order valence-corrected chi connectivity index (χ2v) is 5.31. The van der Waals surface area contributed by atoms with Gasteiger partial charge in [0.2, 0.25) is 0 Å². The van der Waals surface area contributed by atoms with Crippen molar-refractivity contribution >= 4 is 0 Å². The van der Waals surface area contributed by atoms with Gasteiger partial charge >= 0.3 is 0 Å². The van der Waals surface area contributed by atoms with E-state index in [0.29, 0.717) is 6.54 Å². The molecule has 0 bridgehead atoms. The largest absolute Gasteiger partial charge is 0.395 e. The van der Waals surface area contributed by atoms with Crippen molar-refractivity contribution in [3.05, 3.63) is 35.1 Å². The lowest BCUT2D eigenvalue weighted by atomic mass is 10.1. The number of β-amino-alcohol motifs (C(OH)–C–C–N with tert-alkyl or cyclic N) is 1. The molecule has 0 radical (unpaired) electrons. The molecule has 5 heteroatoms. The van der Waals surface area contributed by atoms with Crippen LogP contribution in [0.25, 0.3) is 0 Å². The molecule has 0 aliphatic carbocycles. The quantitative estimate of drug-likeness (QED) is 0.837. The Labute approximate surface area is 120 Å². The Bertz CT molecular complexity index is 428. The van der Waals surface area contributed by atoms with E-state index in [9.17, 15) is 4.39 Å². The molecule has 1 aliphatic heterocycles. The minimum Gasteiger partial charge on any atom is -0.395 e. The van der Waals surface area contributed by atoms with Crippen molar-refractivity contribution in [3.63, 3.8) is 0 Å². The Hall–Kier alpha value is -1.01. The monoisotopic (exact) mass is 281 g/mol. The minimum atomic E-state index is -0.223. The highest BCUT2D eigenvalue weighted by Gasteiger charge is 2.15. The summed E-state index contributed by atoms with van der Waals surface area (Å²) in [6.45, 7) is 6.17. The summed E-state index contributed by atoms with van der Waals surface area (Å²) in [5.74, 6) is -0.223. The van der Waals surface area contributed by atoms with Gasteiger partial charge in [-0.1, -0.05) is 6.07 Å². The fourth-order valence-corrected chi connectivity index (χ4v) is 2.73. The summed E-state index contributed by atoms with van der Waals surface area (Å²) in [7, 11) is 0. The molecule has 0 spiro atoms. The van der Waals surface area contributed by atoms with Crippen LogP contribution in [0.3, 0.4) is 0 Å². The summed E-state index contributed by atoms with van der Waals surface area (Å²) in [5.41, 5.74) is 7.70. The van der Waals surface area contributed by atoms with Crippen molar-refractivity contribution in [1.82, 2.24) is 9.80 Å². The van der Waals surface area contributed by atoms with Crippen molar-refractivity contribution in [2.75, 3.05) is 39.3 Å². The summed E-state index contributed by atoms with van der Waals surface area (Å²) >= 11 is 0. The van der Waals surface area contributed by atoms with Crippen LogP contribution in [0.2, 0.25) is 0 Å². The highest BCUT2D eigenvalue weighted by molar-refractivity contribution is 5.27. The van der Waals surface area contributed by atoms with Gasteiger partial charge in [0.25, 0.3) is 0 Å². The molecular weight excluding hydrogens is 257 g/mol. The van der Waals surface area contributed by atoms with Gasteiger partial charge in [-0.3, -0.25) is 9.80 Å². The fourth-order valence-electron chi connectivity index (χ4n) is 2.73. The van der Waals surface area contributed by atoms with Gasteiger partial charge in [-0.25, -0.2) is 4.39 Å². The maximum absolute atomic E-state index is 13.2. The summed E-state index contributed by atoms with van der Waals surface area (Å²) in [4.78, 5) is 4.66. The summed E-state index contributed by atoms with van der Waals surface area (Å²) in [6, 6.07) is 4.88. The third-order valence-electron chi connectivity index (χ3n) is 3.88. The zero-order valence-electron chi connectivity index (χ0n) is 11.9. The van der Waals surface area contributed by atoms with E-state index in [-0.39, 0.29) is 12.4 Å². The second-order valence-electron chi connectivity index (χ2n) is 5.31. The van der Waals surface area contributed by atoms with Gasteiger partial charge in [-0.05, 0) is 42.8 Å². The Morgan fingerprint density at radius 1 is 1.10 bits per heavy atom. The zero-order chi connectivity index (χ0) is 14.4. The molecular formula is C15H24FN3O. The molecule has 1 aliphatic rings. The van der Waals surface area contributed by atoms with E-state index >= 15 is 0 Å². The number of halogens is 1. The first-order chi connectivity index (χ1) is 9.72. The third-order valence-corrected chi connectivity index (χ3v) is 3.88. The Kier molecular flexibility index (Phi) is 5.91. The maximum Gasteiger partial charge on any atom is 0.123 e. The van der Waals surface area contributed by atoms with Crippen LogP contribution in [0.5, 0.6) is 0 Å². The van der Waals surface area contributed by atoms with E-state index in [4.69, 9.17) is 10.8 Å². The van der Waals surface area contributed by atoms with Gasteiger partial charge in [0.1, 0.15) is 5.82 Å². The highest BCUT2D eigenvalue weighted by atomic mass is 19.1.